The second-order valence-corrected chi connectivity index (χ2v) is 11.3. The molecule has 150 valence electrons. The van der Waals surface area contributed by atoms with E-state index in [1.807, 2.05) is 0 Å². The van der Waals surface area contributed by atoms with Gasteiger partial charge in [-0.05, 0) is 48.4 Å². The standard InChI is InChI=1S/C21H19FN2O3S2/c1-21(2)14-10-7-11(15(14)28-17-16(21)29-20(27)23-17)13-12(10)18(25)24(19(13)26)9-5-3-8(22)4-6-9/h3-6,10-15H,7H2,1-2H3,(H,23,27)/t10-,11-,12-,13-,14-,15-/m0/s1. The number of H-pyrrole nitrogens is 1. The monoisotopic (exact) mass is 430 g/mol. The molecule has 0 spiro atoms. The highest BCUT2D eigenvalue weighted by molar-refractivity contribution is 8.00. The predicted molar refractivity (Wildman–Crippen MR) is 109 cm³/mol. The Morgan fingerprint density at radius 2 is 1.72 bits per heavy atom. The molecule has 2 aliphatic heterocycles. The molecule has 29 heavy (non-hydrogen) atoms. The highest BCUT2D eigenvalue weighted by atomic mass is 32.2. The number of benzene rings is 1. The van der Waals surface area contributed by atoms with E-state index in [1.54, 1.807) is 11.8 Å². The molecule has 0 radical (unpaired) electrons. The Kier molecular flexibility index (Phi) is 3.46. The molecule has 4 aliphatic rings. The number of anilines is 1. The van der Waals surface area contributed by atoms with Crippen LogP contribution in [0.25, 0.3) is 0 Å². The summed E-state index contributed by atoms with van der Waals surface area (Å²) < 4.78 is 13.3. The molecule has 2 aliphatic carbocycles. The van der Waals surface area contributed by atoms with Gasteiger partial charge in [-0.25, -0.2) is 4.39 Å². The Bertz CT molecular complexity index is 1120. The normalized spacial score (nSPS) is 36.3. The molecule has 3 heterocycles. The van der Waals surface area contributed by atoms with Gasteiger partial charge in [-0.3, -0.25) is 19.3 Å². The molecule has 1 aromatic carbocycles. The summed E-state index contributed by atoms with van der Waals surface area (Å²) >= 11 is 2.96. The van der Waals surface area contributed by atoms with Crippen LogP contribution < -0.4 is 9.77 Å². The first-order valence-corrected chi connectivity index (χ1v) is 11.5. The zero-order valence-corrected chi connectivity index (χ0v) is 17.5. The zero-order valence-electron chi connectivity index (χ0n) is 15.8. The Morgan fingerprint density at radius 3 is 2.41 bits per heavy atom. The molecule has 2 saturated carbocycles. The molecule has 3 fully saturated rings. The molecule has 2 bridgehead atoms. The number of aromatic amines is 1. The molecule has 2 aromatic rings. The lowest BCUT2D eigenvalue weighted by Gasteiger charge is -2.47. The van der Waals surface area contributed by atoms with E-state index in [1.165, 1.54) is 40.5 Å². The van der Waals surface area contributed by atoms with Crippen molar-refractivity contribution in [2.24, 2.45) is 29.6 Å². The SMILES string of the molecule is CC1(C)c2sc(=O)[nH]c2S[C@H]2[C@H]3C[C@@H]([C@@H]4C(=O)N(c5ccc(F)cc5)C(=O)[C@@H]34)[C@@H]21. The fourth-order valence-electron chi connectivity index (χ4n) is 6.50. The summed E-state index contributed by atoms with van der Waals surface area (Å²) in [4.78, 5) is 43.9. The van der Waals surface area contributed by atoms with Crippen molar-refractivity contribution < 1.29 is 14.0 Å². The van der Waals surface area contributed by atoms with Gasteiger partial charge in [0.25, 0.3) is 0 Å². The van der Waals surface area contributed by atoms with E-state index in [4.69, 9.17) is 0 Å². The lowest BCUT2D eigenvalue weighted by atomic mass is 9.64. The number of rotatable bonds is 1. The van der Waals surface area contributed by atoms with Crippen LogP contribution in [0.5, 0.6) is 0 Å². The van der Waals surface area contributed by atoms with Crippen LogP contribution in [0.15, 0.2) is 34.1 Å². The molecule has 0 unspecified atom stereocenters. The fourth-order valence-corrected chi connectivity index (χ4v) is 9.65. The van der Waals surface area contributed by atoms with Crippen LogP contribution >= 0.6 is 23.1 Å². The minimum atomic E-state index is -0.391. The Morgan fingerprint density at radius 1 is 1.07 bits per heavy atom. The number of thioether (sulfide) groups is 1. The number of nitrogens with zero attached hydrogens (tertiary/aromatic N) is 1. The van der Waals surface area contributed by atoms with Gasteiger partial charge >= 0.3 is 4.87 Å². The summed E-state index contributed by atoms with van der Waals surface area (Å²) in [5, 5.41) is 1.15. The topological polar surface area (TPSA) is 70.2 Å². The Balaban J connectivity index is 1.42. The van der Waals surface area contributed by atoms with Crippen molar-refractivity contribution in [3.63, 3.8) is 0 Å². The lowest BCUT2D eigenvalue weighted by molar-refractivity contribution is -0.123. The van der Waals surface area contributed by atoms with Crippen molar-refractivity contribution in [3.05, 3.63) is 44.6 Å². The minimum Gasteiger partial charge on any atom is -0.307 e. The van der Waals surface area contributed by atoms with Gasteiger partial charge in [-0.2, -0.15) is 0 Å². The van der Waals surface area contributed by atoms with Crippen molar-refractivity contribution in [2.75, 3.05) is 4.90 Å². The average Bonchev–Trinajstić information content (AvgIpc) is 3.38. The van der Waals surface area contributed by atoms with Gasteiger partial charge in [0, 0.05) is 15.5 Å². The minimum absolute atomic E-state index is 0.0438. The molecule has 1 N–H and O–H groups in total. The number of hydrogen-bond donors (Lipinski definition) is 1. The van der Waals surface area contributed by atoms with Crippen LogP contribution in [0.1, 0.15) is 25.1 Å². The van der Waals surface area contributed by atoms with Crippen molar-refractivity contribution in [1.82, 2.24) is 4.98 Å². The number of nitrogens with one attached hydrogen (secondary N) is 1. The van der Waals surface area contributed by atoms with Gasteiger partial charge in [-0.15, -0.1) is 11.8 Å². The number of fused-ring (bicyclic) bond motifs is 9. The van der Waals surface area contributed by atoms with E-state index in [0.29, 0.717) is 5.69 Å². The Hall–Kier alpha value is -1.93. The lowest BCUT2D eigenvalue weighted by Crippen LogP contribution is -2.48. The van der Waals surface area contributed by atoms with Crippen LogP contribution in [0.2, 0.25) is 0 Å². The van der Waals surface area contributed by atoms with Crippen molar-refractivity contribution in [3.8, 4) is 0 Å². The van der Waals surface area contributed by atoms with Crippen molar-refractivity contribution >= 4 is 40.6 Å². The molecule has 8 heteroatoms. The summed E-state index contributed by atoms with van der Waals surface area (Å²) in [5.41, 5.74) is 0.236. The number of hydrogen-bond acceptors (Lipinski definition) is 5. The third-order valence-corrected chi connectivity index (χ3v) is 10.3. The van der Waals surface area contributed by atoms with E-state index in [-0.39, 0.29) is 56.9 Å². The van der Waals surface area contributed by atoms with Gasteiger partial charge < -0.3 is 4.98 Å². The van der Waals surface area contributed by atoms with Crippen molar-refractivity contribution in [2.45, 2.75) is 36.0 Å². The van der Waals surface area contributed by atoms with E-state index in [0.717, 1.165) is 16.3 Å². The number of thiazole rings is 1. The molecular formula is C21H19FN2O3S2. The maximum Gasteiger partial charge on any atom is 0.305 e. The van der Waals surface area contributed by atoms with Gasteiger partial charge in [0.2, 0.25) is 11.8 Å². The number of imide groups is 1. The third-order valence-electron chi connectivity index (χ3n) is 7.48. The largest absolute Gasteiger partial charge is 0.307 e. The first kappa shape index (κ1) is 17.9. The van der Waals surface area contributed by atoms with E-state index in [9.17, 15) is 18.8 Å². The van der Waals surface area contributed by atoms with Crippen molar-refractivity contribution in [1.29, 1.82) is 0 Å². The van der Waals surface area contributed by atoms with Gasteiger partial charge in [0.05, 0.1) is 22.5 Å². The average molecular weight is 431 g/mol. The first-order valence-electron chi connectivity index (χ1n) is 9.82. The summed E-state index contributed by atoms with van der Waals surface area (Å²) in [6.07, 6.45) is 0.884. The zero-order chi connectivity index (χ0) is 20.2. The van der Waals surface area contributed by atoms with Crippen LogP contribution in [0.4, 0.5) is 10.1 Å². The van der Waals surface area contributed by atoms with Crippen LogP contribution in [-0.4, -0.2) is 22.0 Å². The number of carbonyl (C=O) groups is 2. The maximum atomic E-state index is 13.4. The first-order chi connectivity index (χ1) is 13.8. The van der Waals surface area contributed by atoms with Crippen LogP contribution in [-0.2, 0) is 15.0 Å². The van der Waals surface area contributed by atoms with E-state index < -0.39 is 5.82 Å². The highest BCUT2D eigenvalue weighted by Gasteiger charge is 2.70. The summed E-state index contributed by atoms with van der Waals surface area (Å²) in [7, 11) is 0. The smallest absolute Gasteiger partial charge is 0.305 e. The fraction of sp³-hybridized carbons (Fsp3) is 0.476. The quantitative estimate of drug-likeness (QED) is 0.704. The number of amides is 2. The maximum absolute atomic E-state index is 13.4. The summed E-state index contributed by atoms with van der Waals surface area (Å²) in [6, 6.07) is 5.57. The molecule has 5 nitrogen and oxygen atoms in total. The summed E-state index contributed by atoms with van der Waals surface area (Å²) in [5.74, 6) is -0.806. The second kappa shape index (κ2) is 5.60. The van der Waals surface area contributed by atoms with Crippen LogP contribution in [0.3, 0.4) is 0 Å². The van der Waals surface area contributed by atoms with Gasteiger partial charge in [0.15, 0.2) is 0 Å². The number of carbonyl (C=O) groups excluding carboxylic acids is 2. The Labute approximate surface area is 174 Å². The third kappa shape index (κ3) is 2.14. The highest BCUT2D eigenvalue weighted by Crippen LogP contribution is 2.69. The number of halogens is 1. The number of aromatic nitrogens is 1. The molecule has 1 aromatic heterocycles. The molecule has 6 rings (SSSR count). The summed E-state index contributed by atoms with van der Waals surface area (Å²) in [6.45, 7) is 4.34. The van der Waals surface area contributed by atoms with E-state index in [2.05, 4.69) is 18.8 Å². The van der Waals surface area contributed by atoms with Gasteiger partial charge in [0.1, 0.15) is 5.82 Å². The van der Waals surface area contributed by atoms with Gasteiger partial charge in [-0.1, -0.05) is 25.2 Å². The molecule has 6 atom stereocenters. The molecule has 1 saturated heterocycles. The second-order valence-electron chi connectivity index (χ2n) is 9.11. The molecular weight excluding hydrogens is 411 g/mol. The van der Waals surface area contributed by atoms with Crippen LogP contribution in [0, 0.1) is 35.4 Å². The van der Waals surface area contributed by atoms with E-state index >= 15 is 0 Å². The molecule has 2 amide bonds. The predicted octanol–water partition coefficient (Wildman–Crippen LogP) is 3.40.